The Morgan fingerprint density at radius 1 is 1.16 bits per heavy atom. The zero-order chi connectivity index (χ0) is 22.1. The summed E-state index contributed by atoms with van der Waals surface area (Å²) in [5.41, 5.74) is 3.45. The summed E-state index contributed by atoms with van der Waals surface area (Å²) in [6, 6.07) is 14.0. The second kappa shape index (κ2) is 8.79. The van der Waals surface area contributed by atoms with Crippen molar-refractivity contribution in [1.82, 2.24) is 14.9 Å². The number of likely N-dealkylation sites (tertiary alicyclic amines) is 1. The van der Waals surface area contributed by atoms with Gasteiger partial charge in [-0.3, -0.25) is 14.9 Å². The van der Waals surface area contributed by atoms with Gasteiger partial charge in [0.15, 0.2) is 5.13 Å². The van der Waals surface area contributed by atoms with Crippen molar-refractivity contribution in [2.45, 2.75) is 58.4 Å². The molecule has 1 aliphatic heterocycles. The Balaban J connectivity index is 1.61. The number of aromatic nitrogens is 2. The quantitative estimate of drug-likeness (QED) is 0.431. The maximum Gasteiger partial charge on any atom is 0.176 e. The van der Waals surface area contributed by atoms with E-state index >= 15 is 0 Å². The molecule has 1 fully saturated rings. The monoisotopic (exact) mass is 437 g/mol. The van der Waals surface area contributed by atoms with Crippen LogP contribution in [0, 0.1) is 17.5 Å². The van der Waals surface area contributed by atoms with Gasteiger partial charge in [-0.05, 0) is 87.9 Å². The zero-order valence-corrected chi connectivity index (χ0v) is 19.8. The van der Waals surface area contributed by atoms with Crippen molar-refractivity contribution in [3.8, 4) is 0 Å². The lowest BCUT2D eigenvalue weighted by molar-refractivity contribution is 0.117. The normalized spacial score (nSPS) is 20.8. The average molecular weight is 438 g/mol. The van der Waals surface area contributed by atoms with Crippen LogP contribution in [0.15, 0.2) is 54.9 Å². The highest BCUT2D eigenvalue weighted by Crippen LogP contribution is 2.49. The molecule has 0 aliphatic carbocycles. The molecule has 3 aromatic heterocycles. The predicted molar refractivity (Wildman–Crippen MR) is 126 cm³/mol. The third-order valence-electron chi connectivity index (χ3n) is 7.34. The van der Waals surface area contributed by atoms with Crippen LogP contribution in [-0.2, 0) is 12.0 Å². The van der Waals surface area contributed by atoms with Gasteiger partial charge in [0.1, 0.15) is 0 Å². The van der Waals surface area contributed by atoms with E-state index in [-0.39, 0.29) is 16.1 Å². The van der Waals surface area contributed by atoms with E-state index in [1.165, 1.54) is 16.9 Å². The summed E-state index contributed by atoms with van der Waals surface area (Å²) >= 11 is 1.28. The third kappa shape index (κ3) is 4.58. The summed E-state index contributed by atoms with van der Waals surface area (Å²) in [4.78, 5) is 13.0. The van der Waals surface area contributed by atoms with Gasteiger partial charge in [-0.1, -0.05) is 19.1 Å². The van der Waals surface area contributed by atoms with E-state index in [1.54, 1.807) is 6.07 Å². The molecule has 0 saturated carbocycles. The summed E-state index contributed by atoms with van der Waals surface area (Å²) < 4.78 is 13.6. The van der Waals surface area contributed by atoms with E-state index in [4.69, 9.17) is 4.98 Å². The van der Waals surface area contributed by atoms with E-state index in [9.17, 15) is 4.39 Å². The fraction of sp³-hybridized carbons (Fsp3) is 0.462. The lowest BCUT2D eigenvalue weighted by Crippen LogP contribution is -2.42. The summed E-state index contributed by atoms with van der Waals surface area (Å²) in [6.45, 7) is 11.0. The SMILES string of the molecule is Cc1ccc(C(C)(C)N2CCC(CCc3ccc(F)s3)(C(C)c3ccccn3)C2)cn1. The molecule has 0 N–H and O–H groups in total. The number of aryl methyl sites for hydroxylation is 2. The van der Waals surface area contributed by atoms with Crippen LogP contribution in [0.2, 0.25) is 0 Å². The number of hydrogen-bond donors (Lipinski definition) is 0. The fourth-order valence-electron chi connectivity index (χ4n) is 4.96. The molecule has 1 saturated heterocycles. The Labute approximate surface area is 189 Å². The summed E-state index contributed by atoms with van der Waals surface area (Å²) in [6.07, 6.45) is 6.96. The minimum absolute atomic E-state index is 0.0946. The molecule has 2 unspecified atom stereocenters. The molecular formula is C26H32FN3S. The maximum absolute atomic E-state index is 13.6. The number of halogens is 1. The van der Waals surface area contributed by atoms with Crippen molar-refractivity contribution in [3.05, 3.63) is 81.8 Å². The first kappa shape index (κ1) is 22.1. The van der Waals surface area contributed by atoms with Crippen LogP contribution >= 0.6 is 11.3 Å². The van der Waals surface area contributed by atoms with Crippen LogP contribution in [0.3, 0.4) is 0 Å². The Bertz CT molecular complexity index is 999. The van der Waals surface area contributed by atoms with Crippen LogP contribution in [0.25, 0.3) is 0 Å². The summed E-state index contributed by atoms with van der Waals surface area (Å²) in [5, 5.41) is -0.0946. The Morgan fingerprint density at radius 2 is 2.00 bits per heavy atom. The largest absolute Gasteiger partial charge is 0.294 e. The number of hydrogen-bond acceptors (Lipinski definition) is 4. The molecule has 4 rings (SSSR count). The number of nitrogens with zero attached hydrogens (tertiary/aromatic N) is 3. The smallest absolute Gasteiger partial charge is 0.176 e. The van der Waals surface area contributed by atoms with Gasteiger partial charge >= 0.3 is 0 Å². The highest BCUT2D eigenvalue weighted by atomic mass is 32.1. The molecule has 31 heavy (non-hydrogen) atoms. The first-order valence-corrected chi connectivity index (χ1v) is 12.0. The molecule has 0 amide bonds. The van der Waals surface area contributed by atoms with E-state index in [0.717, 1.165) is 48.6 Å². The lowest BCUT2D eigenvalue weighted by atomic mass is 9.70. The van der Waals surface area contributed by atoms with Gasteiger partial charge < -0.3 is 0 Å². The second-order valence-electron chi connectivity index (χ2n) is 9.46. The Hall–Kier alpha value is -2.11. The van der Waals surface area contributed by atoms with E-state index in [2.05, 4.69) is 54.9 Å². The second-order valence-corrected chi connectivity index (χ2v) is 10.6. The van der Waals surface area contributed by atoms with Crippen molar-refractivity contribution >= 4 is 11.3 Å². The van der Waals surface area contributed by atoms with Crippen molar-refractivity contribution in [2.75, 3.05) is 13.1 Å². The number of pyridine rings is 2. The molecule has 1 aliphatic rings. The van der Waals surface area contributed by atoms with Crippen molar-refractivity contribution in [2.24, 2.45) is 5.41 Å². The van der Waals surface area contributed by atoms with Gasteiger partial charge in [-0.15, -0.1) is 11.3 Å². The fourth-order valence-corrected chi connectivity index (χ4v) is 5.69. The molecule has 5 heteroatoms. The van der Waals surface area contributed by atoms with Gasteiger partial charge in [-0.2, -0.15) is 4.39 Å². The molecule has 0 spiro atoms. The molecule has 4 heterocycles. The van der Waals surface area contributed by atoms with Crippen molar-refractivity contribution in [3.63, 3.8) is 0 Å². The van der Waals surface area contributed by atoms with Gasteiger partial charge in [-0.25, -0.2) is 0 Å². The van der Waals surface area contributed by atoms with Crippen LogP contribution < -0.4 is 0 Å². The first-order valence-electron chi connectivity index (χ1n) is 11.1. The van der Waals surface area contributed by atoms with Crippen molar-refractivity contribution < 1.29 is 4.39 Å². The summed E-state index contributed by atoms with van der Waals surface area (Å²) in [7, 11) is 0. The zero-order valence-electron chi connectivity index (χ0n) is 18.9. The predicted octanol–water partition coefficient (Wildman–Crippen LogP) is 6.35. The van der Waals surface area contributed by atoms with E-state index in [1.807, 2.05) is 31.5 Å². The molecule has 164 valence electrons. The highest BCUT2D eigenvalue weighted by Gasteiger charge is 2.47. The van der Waals surface area contributed by atoms with Gasteiger partial charge in [0, 0.05) is 46.7 Å². The van der Waals surface area contributed by atoms with Crippen LogP contribution in [0.1, 0.15) is 61.4 Å². The maximum atomic E-state index is 13.6. The van der Waals surface area contributed by atoms with Gasteiger partial charge in [0.05, 0.1) is 0 Å². The minimum Gasteiger partial charge on any atom is -0.294 e. The lowest BCUT2D eigenvalue weighted by Gasteiger charge is -2.40. The van der Waals surface area contributed by atoms with Gasteiger partial charge in [0.25, 0.3) is 0 Å². The molecular weight excluding hydrogens is 405 g/mol. The van der Waals surface area contributed by atoms with E-state index < -0.39 is 0 Å². The van der Waals surface area contributed by atoms with Crippen LogP contribution in [-0.4, -0.2) is 28.0 Å². The third-order valence-corrected chi connectivity index (χ3v) is 8.28. The Morgan fingerprint density at radius 3 is 2.65 bits per heavy atom. The van der Waals surface area contributed by atoms with Crippen molar-refractivity contribution in [1.29, 1.82) is 0 Å². The topological polar surface area (TPSA) is 29.0 Å². The average Bonchev–Trinajstić information content (AvgIpc) is 3.40. The summed E-state index contributed by atoms with van der Waals surface area (Å²) in [5.74, 6) is 0.329. The highest BCUT2D eigenvalue weighted by molar-refractivity contribution is 7.10. The molecule has 3 aromatic rings. The van der Waals surface area contributed by atoms with Crippen LogP contribution in [0.4, 0.5) is 4.39 Å². The molecule has 0 aromatic carbocycles. The minimum atomic E-state index is -0.0959. The standard InChI is InChI=1S/C26H32FN3S/c1-19-8-9-21(17-29-19)25(3,4)30-16-14-26(18-30,13-12-22-10-11-24(27)31-22)20(2)23-7-5-6-15-28-23/h5-11,15,17,20H,12-14,16,18H2,1-4H3. The first-order chi connectivity index (χ1) is 14.8. The molecule has 0 radical (unpaired) electrons. The van der Waals surface area contributed by atoms with Crippen LogP contribution in [0.5, 0.6) is 0 Å². The Kier molecular flexibility index (Phi) is 6.27. The number of rotatable bonds is 7. The molecule has 2 atom stereocenters. The van der Waals surface area contributed by atoms with E-state index in [0.29, 0.717) is 5.92 Å². The molecule has 0 bridgehead atoms. The number of thiophene rings is 1. The van der Waals surface area contributed by atoms with Gasteiger partial charge in [0.2, 0.25) is 0 Å². The molecule has 3 nitrogen and oxygen atoms in total.